The quantitative estimate of drug-likeness (QED) is 0.741. The molecule has 0 amide bonds. The number of halogens is 1. The van der Waals surface area contributed by atoms with Crippen molar-refractivity contribution in [3.8, 4) is 0 Å². The molecular formula is C17H24BrN. The van der Waals surface area contributed by atoms with Crippen molar-refractivity contribution in [2.24, 2.45) is 5.41 Å². The summed E-state index contributed by atoms with van der Waals surface area (Å²) in [6.45, 7) is 3.73. The van der Waals surface area contributed by atoms with Crippen LogP contribution in [0.4, 0.5) is 0 Å². The van der Waals surface area contributed by atoms with Gasteiger partial charge in [-0.3, -0.25) is 4.90 Å². The van der Waals surface area contributed by atoms with Gasteiger partial charge in [-0.15, -0.1) is 0 Å². The Morgan fingerprint density at radius 1 is 0.895 bits per heavy atom. The molecule has 1 spiro atoms. The van der Waals surface area contributed by atoms with Crippen molar-refractivity contribution >= 4 is 15.9 Å². The van der Waals surface area contributed by atoms with E-state index in [4.69, 9.17) is 0 Å². The summed E-state index contributed by atoms with van der Waals surface area (Å²) in [6, 6.07) is 8.80. The molecule has 1 saturated carbocycles. The van der Waals surface area contributed by atoms with Crippen LogP contribution in [0.1, 0.15) is 50.5 Å². The smallest absolute Gasteiger partial charge is 0.0233 e. The topological polar surface area (TPSA) is 3.24 Å². The third-order valence-corrected chi connectivity index (χ3v) is 5.68. The van der Waals surface area contributed by atoms with Crippen molar-refractivity contribution in [2.45, 2.75) is 51.5 Å². The molecule has 19 heavy (non-hydrogen) atoms. The molecule has 1 saturated heterocycles. The second kappa shape index (κ2) is 5.97. The SMILES string of the molecule is Brc1ccc(CN2CCC3(CCCCC3)CC2)cc1. The van der Waals surface area contributed by atoms with E-state index in [1.165, 1.54) is 68.1 Å². The number of nitrogens with zero attached hydrogens (tertiary/aromatic N) is 1. The summed E-state index contributed by atoms with van der Waals surface area (Å²) in [5, 5.41) is 0. The number of hydrogen-bond donors (Lipinski definition) is 0. The Morgan fingerprint density at radius 3 is 2.16 bits per heavy atom. The van der Waals surface area contributed by atoms with E-state index in [0.29, 0.717) is 0 Å². The summed E-state index contributed by atoms with van der Waals surface area (Å²) in [4.78, 5) is 2.64. The summed E-state index contributed by atoms with van der Waals surface area (Å²) in [7, 11) is 0. The van der Waals surface area contributed by atoms with E-state index in [0.717, 1.165) is 12.0 Å². The first-order chi connectivity index (χ1) is 9.26. The summed E-state index contributed by atoms with van der Waals surface area (Å²) >= 11 is 3.50. The van der Waals surface area contributed by atoms with Gasteiger partial charge in [0, 0.05) is 11.0 Å². The van der Waals surface area contributed by atoms with E-state index in [2.05, 4.69) is 45.1 Å². The molecule has 1 heterocycles. The van der Waals surface area contributed by atoms with E-state index >= 15 is 0 Å². The molecule has 3 rings (SSSR count). The highest BCUT2D eigenvalue weighted by molar-refractivity contribution is 9.10. The molecule has 1 aromatic carbocycles. The lowest BCUT2D eigenvalue weighted by Gasteiger charge is -2.44. The van der Waals surface area contributed by atoms with Gasteiger partial charge in [0.1, 0.15) is 0 Å². The molecular weight excluding hydrogens is 298 g/mol. The van der Waals surface area contributed by atoms with Crippen LogP contribution in [-0.4, -0.2) is 18.0 Å². The Kier molecular flexibility index (Phi) is 4.28. The van der Waals surface area contributed by atoms with Gasteiger partial charge in [0.15, 0.2) is 0 Å². The first-order valence-electron chi connectivity index (χ1n) is 7.73. The fourth-order valence-electron chi connectivity index (χ4n) is 3.84. The van der Waals surface area contributed by atoms with Crippen LogP contribution in [-0.2, 0) is 6.54 Å². The van der Waals surface area contributed by atoms with Crippen LogP contribution in [0, 0.1) is 5.41 Å². The highest BCUT2D eigenvalue weighted by Crippen LogP contribution is 2.44. The van der Waals surface area contributed by atoms with Crippen molar-refractivity contribution < 1.29 is 0 Å². The lowest BCUT2D eigenvalue weighted by molar-refractivity contribution is 0.0641. The number of hydrogen-bond acceptors (Lipinski definition) is 1. The Hall–Kier alpha value is -0.340. The van der Waals surface area contributed by atoms with Crippen LogP contribution in [0.5, 0.6) is 0 Å². The Labute approximate surface area is 125 Å². The van der Waals surface area contributed by atoms with Crippen LogP contribution in [0.25, 0.3) is 0 Å². The zero-order valence-electron chi connectivity index (χ0n) is 11.7. The number of rotatable bonds is 2. The van der Waals surface area contributed by atoms with Crippen molar-refractivity contribution in [3.63, 3.8) is 0 Å². The van der Waals surface area contributed by atoms with Crippen molar-refractivity contribution in [1.29, 1.82) is 0 Å². The lowest BCUT2D eigenvalue weighted by Crippen LogP contribution is -2.40. The third-order valence-electron chi connectivity index (χ3n) is 5.15. The molecule has 0 N–H and O–H groups in total. The van der Waals surface area contributed by atoms with Crippen molar-refractivity contribution in [3.05, 3.63) is 34.3 Å². The highest BCUT2D eigenvalue weighted by atomic mass is 79.9. The standard InChI is InChI=1S/C17H24BrN/c18-16-6-4-15(5-7-16)14-19-12-10-17(11-13-19)8-2-1-3-9-17/h4-7H,1-3,8-14H2. The first-order valence-corrected chi connectivity index (χ1v) is 8.52. The van der Waals surface area contributed by atoms with Crippen LogP contribution in [0.2, 0.25) is 0 Å². The highest BCUT2D eigenvalue weighted by Gasteiger charge is 2.35. The average molecular weight is 322 g/mol. The normalized spacial score (nSPS) is 23.6. The maximum Gasteiger partial charge on any atom is 0.0233 e. The fourth-order valence-corrected chi connectivity index (χ4v) is 4.10. The van der Waals surface area contributed by atoms with Crippen LogP contribution >= 0.6 is 15.9 Å². The Balaban J connectivity index is 1.54. The number of benzene rings is 1. The van der Waals surface area contributed by atoms with Gasteiger partial charge in [0.2, 0.25) is 0 Å². The largest absolute Gasteiger partial charge is 0.299 e. The monoisotopic (exact) mass is 321 g/mol. The van der Waals surface area contributed by atoms with Crippen LogP contribution < -0.4 is 0 Å². The predicted octanol–water partition coefficient (Wildman–Crippen LogP) is 5.00. The molecule has 0 unspecified atom stereocenters. The molecule has 2 fully saturated rings. The zero-order chi connectivity index (χ0) is 13.1. The van der Waals surface area contributed by atoms with Crippen LogP contribution in [0.3, 0.4) is 0 Å². The maximum atomic E-state index is 3.50. The van der Waals surface area contributed by atoms with Crippen molar-refractivity contribution in [2.75, 3.05) is 13.1 Å². The lowest BCUT2D eigenvalue weighted by atomic mass is 9.68. The fraction of sp³-hybridized carbons (Fsp3) is 0.647. The van der Waals surface area contributed by atoms with Gasteiger partial charge in [0.25, 0.3) is 0 Å². The molecule has 1 aromatic rings. The van der Waals surface area contributed by atoms with Gasteiger partial charge in [0.05, 0.1) is 0 Å². The minimum Gasteiger partial charge on any atom is -0.299 e. The minimum absolute atomic E-state index is 0.731. The first kappa shape index (κ1) is 13.6. The molecule has 0 radical (unpaired) electrons. The Bertz CT molecular complexity index is 396. The zero-order valence-corrected chi connectivity index (χ0v) is 13.3. The van der Waals surface area contributed by atoms with Gasteiger partial charge < -0.3 is 0 Å². The van der Waals surface area contributed by atoms with Gasteiger partial charge in [-0.25, -0.2) is 0 Å². The second-order valence-electron chi connectivity index (χ2n) is 6.46. The summed E-state index contributed by atoms with van der Waals surface area (Å²) in [6.07, 6.45) is 10.3. The molecule has 104 valence electrons. The maximum absolute atomic E-state index is 3.50. The molecule has 0 bridgehead atoms. The predicted molar refractivity (Wildman–Crippen MR) is 84.2 cm³/mol. The third kappa shape index (κ3) is 3.41. The molecule has 2 aliphatic rings. The molecule has 0 atom stereocenters. The van der Waals surface area contributed by atoms with Gasteiger partial charge in [-0.1, -0.05) is 47.3 Å². The molecule has 1 aliphatic carbocycles. The van der Waals surface area contributed by atoms with Crippen molar-refractivity contribution in [1.82, 2.24) is 4.90 Å². The van der Waals surface area contributed by atoms with E-state index in [9.17, 15) is 0 Å². The molecule has 1 nitrogen and oxygen atoms in total. The number of likely N-dealkylation sites (tertiary alicyclic amines) is 1. The summed E-state index contributed by atoms with van der Waals surface area (Å²) in [5.41, 5.74) is 2.18. The summed E-state index contributed by atoms with van der Waals surface area (Å²) in [5.74, 6) is 0. The summed E-state index contributed by atoms with van der Waals surface area (Å²) < 4.78 is 1.18. The Morgan fingerprint density at radius 2 is 1.53 bits per heavy atom. The van der Waals surface area contributed by atoms with Gasteiger partial charge in [-0.2, -0.15) is 0 Å². The minimum atomic E-state index is 0.731. The van der Waals surface area contributed by atoms with Crippen LogP contribution in [0.15, 0.2) is 28.7 Å². The number of piperidine rings is 1. The second-order valence-corrected chi connectivity index (χ2v) is 7.38. The molecule has 2 heteroatoms. The van der Waals surface area contributed by atoms with E-state index in [1.54, 1.807) is 0 Å². The van der Waals surface area contributed by atoms with Gasteiger partial charge in [-0.05, 0) is 61.9 Å². The van der Waals surface area contributed by atoms with Gasteiger partial charge >= 0.3 is 0 Å². The van der Waals surface area contributed by atoms with E-state index < -0.39 is 0 Å². The molecule has 0 aromatic heterocycles. The van der Waals surface area contributed by atoms with E-state index in [1.807, 2.05) is 0 Å². The van der Waals surface area contributed by atoms with E-state index in [-0.39, 0.29) is 0 Å². The molecule has 1 aliphatic heterocycles. The average Bonchev–Trinajstić information content (AvgIpc) is 2.45.